The van der Waals surface area contributed by atoms with Crippen molar-refractivity contribution in [3.8, 4) is 0 Å². The van der Waals surface area contributed by atoms with Crippen LogP contribution in [0.2, 0.25) is 0 Å². The first-order valence-electron chi connectivity index (χ1n) is 5.84. The third-order valence-corrected chi connectivity index (χ3v) is 3.40. The van der Waals surface area contributed by atoms with Crippen molar-refractivity contribution in [2.45, 2.75) is 19.4 Å². The summed E-state index contributed by atoms with van der Waals surface area (Å²) in [6.07, 6.45) is 2.28. The molecule has 0 saturated carbocycles. The van der Waals surface area contributed by atoms with Gasteiger partial charge in [-0.3, -0.25) is 4.79 Å². The number of carbonyl (C=O) groups is 2. The van der Waals surface area contributed by atoms with E-state index in [1.165, 1.54) is 0 Å². The number of amides is 1. The van der Waals surface area contributed by atoms with Crippen molar-refractivity contribution < 1.29 is 14.7 Å². The number of nitrogens with two attached hydrogens (primary N) is 1. The molecule has 0 spiro atoms. The molecule has 1 amide bonds. The summed E-state index contributed by atoms with van der Waals surface area (Å²) in [7, 11) is 0. The number of aliphatic carboxylic acids is 1. The summed E-state index contributed by atoms with van der Waals surface area (Å²) < 4.78 is 0. The number of benzene rings is 1. The van der Waals surface area contributed by atoms with Gasteiger partial charge >= 0.3 is 5.97 Å². The Morgan fingerprint density at radius 1 is 1.47 bits per heavy atom. The molecule has 1 aromatic rings. The molecule has 0 aromatic heterocycles. The predicted octanol–water partition coefficient (Wildman–Crippen LogP) is 1.51. The van der Waals surface area contributed by atoms with Crippen molar-refractivity contribution in [3.05, 3.63) is 29.3 Å². The van der Waals surface area contributed by atoms with Gasteiger partial charge in [0.1, 0.15) is 6.04 Å². The van der Waals surface area contributed by atoms with E-state index in [9.17, 15) is 9.59 Å². The summed E-state index contributed by atoms with van der Waals surface area (Å²) in [5, 5.41) is 11.6. The van der Waals surface area contributed by atoms with E-state index in [1.54, 1.807) is 30.0 Å². The second kappa shape index (κ2) is 7.04. The average molecular weight is 282 g/mol. The third-order valence-electron chi connectivity index (χ3n) is 2.76. The van der Waals surface area contributed by atoms with E-state index >= 15 is 0 Å². The Labute approximate surface area is 116 Å². The quantitative estimate of drug-likeness (QED) is 0.688. The van der Waals surface area contributed by atoms with Gasteiger partial charge in [-0.2, -0.15) is 11.8 Å². The highest BCUT2D eigenvalue weighted by Gasteiger charge is 2.20. The molecule has 1 atom stereocenters. The minimum Gasteiger partial charge on any atom is -0.480 e. The number of nitrogen functional groups attached to an aromatic ring is 1. The van der Waals surface area contributed by atoms with Crippen LogP contribution in [-0.4, -0.2) is 35.0 Å². The van der Waals surface area contributed by atoms with Crippen LogP contribution in [0.15, 0.2) is 18.2 Å². The van der Waals surface area contributed by atoms with Crippen molar-refractivity contribution in [1.29, 1.82) is 0 Å². The number of carbonyl (C=O) groups excluding carboxylic acids is 1. The Hall–Kier alpha value is -1.69. The van der Waals surface area contributed by atoms with E-state index in [4.69, 9.17) is 10.8 Å². The molecule has 0 aliphatic heterocycles. The maximum Gasteiger partial charge on any atom is 0.326 e. The Morgan fingerprint density at radius 3 is 2.68 bits per heavy atom. The van der Waals surface area contributed by atoms with Crippen LogP contribution in [0.5, 0.6) is 0 Å². The molecule has 104 valence electrons. The zero-order chi connectivity index (χ0) is 14.4. The molecule has 5 nitrogen and oxygen atoms in total. The summed E-state index contributed by atoms with van der Waals surface area (Å²) in [6, 6.07) is 4.05. The first kappa shape index (κ1) is 15.4. The number of thioether (sulfide) groups is 1. The summed E-state index contributed by atoms with van der Waals surface area (Å²) in [4.78, 5) is 23.0. The van der Waals surface area contributed by atoms with E-state index < -0.39 is 17.9 Å². The molecule has 0 saturated heterocycles. The highest BCUT2D eigenvalue weighted by molar-refractivity contribution is 7.98. The fourth-order valence-electron chi connectivity index (χ4n) is 1.52. The van der Waals surface area contributed by atoms with Gasteiger partial charge < -0.3 is 16.2 Å². The number of nitrogens with one attached hydrogen (secondary N) is 1. The first-order valence-corrected chi connectivity index (χ1v) is 7.23. The van der Waals surface area contributed by atoms with Crippen LogP contribution in [0.1, 0.15) is 22.3 Å². The lowest BCUT2D eigenvalue weighted by Gasteiger charge is -2.14. The minimum atomic E-state index is -1.03. The van der Waals surface area contributed by atoms with Crippen LogP contribution >= 0.6 is 11.8 Å². The fraction of sp³-hybridized carbons (Fsp3) is 0.385. The lowest BCUT2D eigenvalue weighted by molar-refractivity contribution is -0.139. The highest BCUT2D eigenvalue weighted by atomic mass is 32.2. The first-order chi connectivity index (χ1) is 8.95. The van der Waals surface area contributed by atoms with Gasteiger partial charge in [-0.1, -0.05) is 6.07 Å². The summed E-state index contributed by atoms with van der Waals surface area (Å²) >= 11 is 1.54. The topological polar surface area (TPSA) is 92.4 Å². The van der Waals surface area contributed by atoms with Gasteiger partial charge in [0, 0.05) is 11.3 Å². The van der Waals surface area contributed by atoms with E-state index in [2.05, 4.69) is 5.32 Å². The summed E-state index contributed by atoms with van der Waals surface area (Å²) in [6.45, 7) is 1.84. The normalized spacial score (nSPS) is 11.9. The van der Waals surface area contributed by atoms with Crippen LogP contribution < -0.4 is 11.1 Å². The number of carboxylic acid groups (broad SMARTS) is 1. The van der Waals surface area contributed by atoms with Gasteiger partial charge in [0.05, 0.1) is 0 Å². The molecule has 0 radical (unpaired) electrons. The molecular formula is C13H18N2O3S. The number of hydrogen-bond acceptors (Lipinski definition) is 4. The Morgan fingerprint density at radius 2 is 2.16 bits per heavy atom. The third kappa shape index (κ3) is 4.48. The predicted molar refractivity (Wildman–Crippen MR) is 77.5 cm³/mol. The van der Waals surface area contributed by atoms with Gasteiger partial charge in [0.25, 0.3) is 5.91 Å². The lowest BCUT2D eigenvalue weighted by Crippen LogP contribution is -2.41. The minimum absolute atomic E-state index is 0.374. The highest BCUT2D eigenvalue weighted by Crippen LogP contribution is 2.13. The second-order valence-electron chi connectivity index (χ2n) is 4.22. The van der Waals surface area contributed by atoms with Gasteiger partial charge in [0.15, 0.2) is 0 Å². The SMILES string of the molecule is CSCC[C@@H](NC(=O)c1ccc(C)c(N)c1)C(=O)O. The fourth-order valence-corrected chi connectivity index (χ4v) is 1.99. The standard InChI is InChI=1S/C13H18N2O3S/c1-8-3-4-9(7-10(8)14)12(16)15-11(13(17)18)5-6-19-2/h3-4,7,11H,5-6,14H2,1-2H3,(H,15,16)(H,17,18)/t11-/m1/s1. The number of carboxylic acids is 1. The molecule has 19 heavy (non-hydrogen) atoms. The van der Waals surface area contributed by atoms with Crippen LogP contribution in [0.3, 0.4) is 0 Å². The van der Waals surface area contributed by atoms with E-state index in [1.807, 2.05) is 13.2 Å². The van der Waals surface area contributed by atoms with Gasteiger partial charge in [-0.25, -0.2) is 4.79 Å². The van der Waals surface area contributed by atoms with E-state index in [0.717, 1.165) is 5.56 Å². The molecule has 0 unspecified atom stereocenters. The number of anilines is 1. The molecule has 0 heterocycles. The molecule has 4 N–H and O–H groups in total. The molecule has 0 aliphatic rings. The summed E-state index contributed by atoms with van der Waals surface area (Å²) in [5.41, 5.74) is 7.50. The van der Waals surface area contributed by atoms with Gasteiger partial charge in [-0.05, 0) is 43.0 Å². The monoisotopic (exact) mass is 282 g/mol. The zero-order valence-electron chi connectivity index (χ0n) is 11.0. The number of aryl methyl sites for hydroxylation is 1. The van der Waals surface area contributed by atoms with Crippen LogP contribution in [0.25, 0.3) is 0 Å². The Balaban J connectivity index is 2.75. The van der Waals surface area contributed by atoms with Crippen LogP contribution in [0, 0.1) is 6.92 Å². The number of rotatable bonds is 6. The van der Waals surface area contributed by atoms with E-state index in [0.29, 0.717) is 23.4 Å². The smallest absolute Gasteiger partial charge is 0.326 e. The van der Waals surface area contributed by atoms with E-state index in [-0.39, 0.29) is 0 Å². The Kier molecular flexibility index (Phi) is 5.69. The molecule has 1 aromatic carbocycles. The van der Waals surface area contributed by atoms with Crippen molar-refractivity contribution in [1.82, 2.24) is 5.32 Å². The van der Waals surface area contributed by atoms with Gasteiger partial charge in [-0.15, -0.1) is 0 Å². The molecule has 6 heteroatoms. The van der Waals surface area contributed by atoms with Crippen molar-refractivity contribution >= 4 is 29.3 Å². The Bertz CT molecular complexity index is 477. The summed E-state index contributed by atoms with van der Waals surface area (Å²) in [5.74, 6) is -0.768. The van der Waals surface area contributed by atoms with Crippen molar-refractivity contribution in [2.75, 3.05) is 17.7 Å². The molecule has 1 rings (SSSR count). The largest absolute Gasteiger partial charge is 0.480 e. The maximum absolute atomic E-state index is 11.9. The average Bonchev–Trinajstić information content (AvgIpc) is 2.37. The molecule has 0 aliphatic carbocycles. The molecule has 0 fully saturated rings. The lowest BCUT2D eigenvalue weighted by atomic mass is 10.1. The zero-order valence-corrected chi connectivity index (χ0v) is 11.8. The van der Waals surface area contributed by atoms with Gasteiger partial charge in [0.2, 0.25) is 0 Å². The molecule has 0 bridgehead atoms. The number of hydrogen-bond donors (Lipinski definition) is 3. The van der Waals surface area contributed by atoms with Crippen LogP contribution in [-0.2, 0) is 4.79 Å². The second-order valence-corrected chi connectivity index (χ2v) is 5.20. The molecular weight excluding hydrogens is 264 g/mol. The van der Waals surface area contributed by atoms with Crippen LogP contribution in [0.4, 0.5) is 5.69 Å². The van der Waals surface area contributed by atoms with Crippen molar-refractivity contribution in [2.24, 2.45) is 0 Å². The maximum atomic E-state index is 11.9. The van der Waals surface area contributed by atoms with Crippen molar-refractivity contribution in [3.63, 3.8) is 0 Å².